The summed E-state index contributed by atoms with van der Waals surface area (Å²) in [6.07, 6.45) is 1.44. The van der Waals surface area contributed by atoms with Crippen LogP contribution in [0.3, 0.4) is 0 Å². The average Bonchev–Trinajstić information content (AvgIpc) is 3.24. The third-order valence-corrected chi connectivity index (χ3v) is 7.23. The van der Waals surface area contributed by atoms with Crippen molar-refractivity contribution in [3.8, 4) is 0 Å². The van der Waals surface area contributed by atoms with E-state index in [9.17, 15) is 9.59 Å². The van der Waals surface area contributed by atoms with Crippen LogP contribution in [0.2, 0.25) is 0 Å². The molecule has 182 valence electrons. The Kier molecular flexibility index (Phi) is 5.00. The number of fused-ring (bicyclic) bond motifs is 4. The van der Waals surface area contributed by atoms with Gasteiger partial charge in [0.2, 0.25) is 5.91 Å². The summed E-state index contributed by atoms with van der Waals surface area (Å²) >= 11 is 0. The van der Waals surface area contributed by atoms with Crippen LogP contribution in [0.25, 0.3) is 27.5 Å². The van der Waals surface area contributed by atoms with Gasteiger partial charge in [0.05, 0.1) is 11.2 Å². The molecular weight excluding hydrogens is 452 g/mol. The minimum absolute atomic E-state index is 0.0462. The van der Waals surface area contributed by atoms with Crippen LogP contribution in [0.5, 0.6) is 0 Å². The smallest absolute Gasteiger partial charge is 0.272 e. The molecule has 0 saturated carbocycles. The largest absolute Gasteiger partial charge is 0.363 e. The number of likely N-dealkylation sites (tertiary alicyclic amines) is 1. The van der Waals surface area contributed by atoms with Crippen molar-refractivity contribution in [2.24, 2.45) is 0 Å². The zero-order valence-corrected chi connectivity index (χ0v) is 20.4. The van der Waals surface area contributed by atoms with Gasteiger partial charge in [-0.1, -0.05) is 24.8 Å². The summed E-state index contributed by atoms with van der Waals surface area (Å²) in [6.45, 7) is 8.85. The molecule has 6 rings (SSSR count). The third-order valence-electron chi connectivity index (χ3n) is 7.23. The molecule has 2 aliphatic rings. The first-order valence-electron chi connectivity index (χ1n) is 12.2. The Labute approximate surface area is 208 Å². The predicted molar refractivity (Wildman–Crippen MR) is 143 cm³/mol. The number of benzene rings is 2. The number of piperidine rings is 1. The Morgan fingerprint density at radius 3 is 2.61 bits per heavy atom. The number of aromatic nitrogens is 2. The van der Waals surface area contributed by atoms with Crippen molar-refractivity contribution in [1.82, 2.24) is 20.2 Å². The highest BCUT2D eigenvalue weighted by Crippen LogP contribution is 2.37. The highest BCUT2D eigenvalue weighted by Gasteiger charge is 2.39. The fourth-order valence-corrected chi connectivity index (χ4v) is 5.45. The lowest BCUT2D eigenvalue weighted by molar-refractivity contribution is -0.114. The van der Waals surface area contributed by atoms with E-state index >= 15 is 0 Å². The van der Waals surface area contributed by atoms with Gasteiger partial charge in [0.15, 0.2) is 0 Å². The number of para-hydroxylation sites is 1. The van der Waals surface area contributed by atoms with E-state index in [1.54, 1.807) is 0 Å². The fourth-order valence-electron chi connectivity index (χ4n) is 5.45. The zero-order valence-electron chi connectivity index (χ0n) is 20.4. The maximum absolute atomic E-state index is 13.5. The topological polar surface area (TPSA) is 102 Å². The number of aryl methyl sites for hydroxylation is 1. The highest BCUT2D eigenvalue weighted by atomic mass is 16.2. The second kappa shape index (κ2) is 8.12. The van der Waals surface area contributed by atoms with Gasteiger partial charge in [-0.2, -0.15) is 0 Å². The van der Waals surface area contributed by atoms with Crippen LogP contribution in [0.15, 0.2) is 55.1 Å². The van der Waals surface area contributed by atoms with E-state index in [1.165, 1.54) is 6.92 Å². The van der Waals surface area contributed by atoms with Crippen LogP contribution in [0.4, 0.5) is 11.4 Å². The van der Waals surface area contributed by atoms with Gasteiger partial charge in [0.1, 0.15) is 11.4 Å². The molecule has 2 amide bonds. The van der Waals surface area contributed by atoms with Crippen LogP contribution in [0.1, 0.15) is 41.5 Å². The van der Waals surface area contributed by atoms with Crippen molar-refractivity contribution in [2.45, 2.75) is 32.4 Å². The summed E-state index contributed by atoms with van der Waals surface area (Å²) in [4.78, 5) is 34.8. The van der Waals surface area contributed by atoms with E-state index < -0.39 is 0 Å². The number of carbonyl (C=O) groups excluding carboxylic acids is 2. The first kappa shape index (κ1) is 22.2. The summed E-state index contributed by atoms with van der Waals surface area (Å²) < 4.78 is 0. The molecule has 4 heterocycles. The Morgan fingerprint density at radius 1 is 1.06 bits per heavy atom. The monoisotopic (exact) mass is 480 g/mol. The van der Waals surface area contributed by atoms with Crippen LogP contribution in [-0.2, 0) is 4.79 Å². The van der Waals surface area contributed by atoms with Crippen LogP contribution in [-0.4, -0.2) is 45.4 Å². The van der Waals surface area contributed by atoms with Gasteiger partial charge in [0.25, 0.3) is 5.91 Å². The van der Waals surface area contributed by atoms with Crippen molar-refractivity contribution in [3.05, 3.63) is 72.1 Å². The standard InChI is InChI=1S/C28H28N6O2/c1-16-21-14-19(30-18(3)35)8-9-24(21)33-28(32-16)10-12-34(13-11-28)27(36)25-15-22-20-6-4-5-7-23(20)31-26(22)17(2)29-25/h4-9,14-15,31-33H,1,10-13H2,2-3H3,(H,30,35). The molecule has 2 aromatic carbocycles. The van der Waals surface area contributed by atoms with Gasteiger partial charge in [-0.3, -0.25) is 9.59 Å². The average molecular weight is 481 g/mol. The third kappa shape index (κ3) is 3.66. The molecule has 0 unspecified atom stereocenters. The summed E-state index contributed by atoms with van der Waals surface area (Å²) in [7, 11) is 0. The zero-order chi connectivity index (χ0) is 25.0. The second-order valence-corrected chi connectivity index (χ2v) is 9.73. The number of nitrogens with zero attached hydrogens (tertiary/aromatic N) is 2. The van der Waals surface area contributed by atoms with Gasteiger partial charge in [-0.25, -0.2) is 4.98 Å². The number of hydrogen-bond donors (Lipinski definition) is 4. The normalized spacial score (nSPS) is 16.5. The minimum atomic E-state index is -0.374. The molecule has 1 fully saturated rings. The number of aromatic amines is 1. The Bertz CT molecular complexity index is 1560. The van der Waals surface area contributed by atoms with E-state index in [2.05, 4.69) is 38.6 Å². The van der Waals surface area contributed by atoms with E-state index in [4.69, 9.17) is 0 Å². The molecule has 36 heavy (non-hydrogen) atoms. The minimum Gasteiger partial charge on any atom is -0.363 e. The van der Waals surface area contributed by atoms with Crippen LogP contribution >= 0.6 is 0 Å². The summed E-state index contributed by atoms with van der Waals surface area (Å²) in [5.74, 6) is -0.158. The number of pyridine rings is 1. The molecule has 0 aliphatic carbocycles. The maximum Gasteiger partial charge on any atom is 0.272 e. The van der Waals surface area contributed by atoms with E-state index in [0.29, 0.717) is 18.8 Å². The second-order valence-electron chi connectivity index (χ2n) is 9.73. The lowest BCUT2D eigenvalue weighted by atomic mass is 9.91. The number of H-pyrrole nitrogens is 1. The number of nitrogens with one attached hydrogen (secondary N) is 4. The lowest BCUT2D eigenvalue weighted by Crippen LogP contribution is -2.60. The number of carbonyl (C=O) groups is 2. The summed E-state index contributed by atoms with van der Waals surface area (Å²) in [6, 6.07) is 15.8. The fraction of sp³-hybridized carbons (Fsp3) is 0.250. The first-order chi connectivity index (χ1) is 17.3. The van der Waals surface area contributed by atoms with Gasteiger partial charge in [-0.15, -0.1) is 0 Å². The molecule has 0 radical (unpaired) electrons. The molecule has 2 aromatic heterocycles. The number of anilines is 2. The van der Waals surface area contributed by atoms with E-state index in [1.807, 2.05) is 54.3 Å². The van der Waals surface area contributed by atoms with E-state index in [0.717, 1.165) is 63.0 Å². The molecule has 0 atom stereocenters. The van der Waals surface area contributed by atoms with Gasteiger partial charge in [0, 0.05) is 71.8 Å². The predicted octanol–water partition coefficient (Wildman–Crippen LogP) is 4.60. The van der Waals surface area contributed by atoms with Gasteiger partial charge < -0.3 is 25.8 Å². The molecule has 8 heteroatoms. The Hall–Kier alpha value is -4.33. The van der Waals surface area contributed by atoms with E-state index in [-0.39, 0.29) is 17.5 Å². The van der Waals surface area contributed by atoms with Crippen molar-refractivity contribution in [2.75, 3.05) is 23.7 Å². The van der Waals surface area contributed by atoms with Crippen molar-refractivity contribution in [3.63, 3.8) is 0 Å². The SMILES string of the molecule is C=C1NC2(CCN(C(=O)c3cc4c([nH]c5ccccc54)c(C)n3)CC2)Nc2ccc(NC(C)=O)cc21. The summed E-state index contributed by atoms with van der Waals surface area (Å²) in [5, 5.41) is 12.1. The molecule has 8 nitrogen and oxygen atoms in total. The van der Waals surface area contributed by atoms with Gasteiger partial charge in [-0.05, 0) is 37.3 Å². The number of amides is 2. The molecule has 2 aliphatic heterocycles. The maximum atomic E-state index is 13.5. The number of hydrogen-bond acceptors (Lipinski definition) is 5. The highest BCUT2D eigenvalue weighted by molar-refractivity contribution is 6.10. The van der Waals surface area contributed by atoms with Crippen molar-refractivity contribution >= 4 is 50.7 Å². The first-order valence-corrected chi connectivity index (χ1v) is 12.2. The van der Waals surface area contributed by atoms with Crippen molar-refractivity contribution in [1.29, 1.82) is 0 Å². The molecule has 4 N–H and O–H groups in total. The molecular formula is C28H28N6O2. The molecule has 1 saturated heterocycles. The summed E-state index contributed by atoms with van der Waals surface area (Å²) in [5.41, 5.74) is 6.37. The molecule has 4 aromatic rings. The lowest BCUT2D eigenvalue weighted by Gasteiger charge is -2.47. The number of rotatable bonds is 2. The molecule has 1 spiro atoms. The molecule has 0 bridgehead atoms. The van der Waals surface area contributed by atoms with Crippen molar-refractivity contribution < 1.29 is 9.59 Å². The Morgan fingerprint density at radius 2 is 1.83 bits per heavy atom. The quantitative estimate of drug-likeness (QED) is 0.336. The van der Waals surface area contributed by atoms with Gasteiger partial charge >= 0.3 is 0 Å². The van der Waals surface area contributed by atoms with Crippen LogP contribution < -0.4 is 16.0 Å². The Balaban J connectivity index is 1.21. The van der Waals surface area contributed by atoms with Crippen LogP contribution in [0, 0.1) is 6.92 Å².